The molecule has 1 saturated carbocycles. The molecule has 0 aromatic carbocycles. The van der Waals surface area contributed by atoms with Gasteiger partial charge >= 0.3 is 0 Å². The van der Waals surface area contributed by atoms with Crippen molar-refractivity contribution < 1.29 is 0 Å². The van der Waals surface area contributed by atoms with Gasteiger partial charge in [-0.2, -0.15) is 5.10 Å². The fraction of sp³-hybridized carbons (Fsp3) is 0.800. The molecule has 0 bridgehead atoms. The van der Waals surface area contributed by atoms with Gasteiger partial charge in [-0.05, 0) is 36.7 Å². The number of rotatable bonds is 4. The minimum atomic E-state index is 0.334. The number of aromatic nitrogens is 2. The highest BCUT2D eigenvalue weighted by atomic mass is 79.9. The van der Waals surface area contributed by atoms with Crippen molar-refractivity contribution in [3.05, 3.63) is 18.0 Å². The Morgan fingerprint density at radius 1 is 1.39 bits per heavy atom. The summed E-state index contributed by atoms with van der Waals surface area (Å²) in [6.45, 7) is 6.94. The zero-order valence-corrected chi connectivity index (χ0v) is 13.4. The Bertz CT molecular complexity index is 372. The zero-order valence-electron chi connectivity index (χ0n) is 11.8. The molecule has 102 valence electrons. The molecule has 0 aliphatic heterocycles. The Hall–Kier alpha value is -0.310. The summed E-state index contributed by atoms with van der Waals surface area (Å²) in [5.41, 5.74) is 1.59. The summed E-state index contributed by atoms with van der Waals surface area (Å²) in [5.74, 6) is 0.643. The summed E-state index contributed by atoms with van der Waals surface area (Å²) in [7, 11) is 0. The third kappa shape index (κ3) is 3.37. The molecule has 1 heterocycles. The standard InChI is InChI=1S/C15H25BrN2/c1-15(2,3)12(11-16)10-13-8-9-18(17-13)14-6-4-5-7-14/h8-9,12,14H,4-7,10-11H2,1-3H3. The number of halogens is 1. The van der Waals surface area contributed by atoms with E-state index < -0.39 is 0 Å². The molecule has 0 N–H and O–H groups in total. The molecular formula is C15H25BrN2. The van der Waals surface area contributed by atoms with Gasteiger partial charge in [-0.25, -0.2) is 0 Å². The van der Waals surface area contributed by atoms with Gasteiger partial charge in [0.1, 0.15) is 0 Å². The van der Waals surface area contributed by atoms with Crippen molar-refractivity contribution in [3.63, 3.8) is 0 Å². The van der Waals surface area contributed by atoms with Crippen molar-refractivity contribution >= 4 is 15.9 Å². The van der Waals surface area contributed by atoms with E-state index in [0.717, 1.165) is 11.8 Å². The van der Waals surface area contributed by atoms with Crippen LogP contribution in [0.5, 0.6) is 0 Å². The average molecular weight is 313 g/mol. The van der Waals surface area contributed by atoms with Gasteiger partial charge in [0.05, 0.1) is 11.7 Å². The molecule has 1 atom stereocenters. The summed E-state index contributed by atoms with van der Waals surface area (Å²) < 4.78 is 2.20. The molecule has 1 aliphatic carbocycles. The first kappa shape index (κ1) is 14.1. The van der Waals surface area contributed by atoms with Gasteiger partial charge in [0.15, 0.2) is 0 Å². The first-order valence-electron chi connectivity index (χ1n) is 7.10. The van der Waals surface area contributed by atoms with E-state index in [1.165, 1.54) is 31.4 Å². The topological polar surface area (TPSA) is 17.8 Å². The highest BCUT2D eigenvalue weighted by molar-refractivity contribution is 9.09. The van der Waals surface area contributed by atoms with Crippen LogP contribution in [0, 0.1) is 11.3 Å². The van der Waals surface area contributed by atoms with Crippen molar-refractivity contribution in [1.29, 1.82) is 0 Å². The molecule has 2 rings (SSSR count). The fourth-order valence-electron chi connectivity index (χ4n) is 2.70. The van der Waals surface area contributed by atoms with Gasteiger partial charge in [0.2, 0.25) is 0 Å². The summed E-state index contributed by atoms with van der Waals surface area (Å²) in [4.78, 5) is 0. The number of hydrogen-bond donors (Lipinski definition) is 0. The van der Waals surface area contributed by atoms with Crippen LogP contribution < -0.4 is 0 Å². The second-order valence-corrected chi connectivity index (χ2v) is 7.29. The minimum Gasteiger partial charge on any atom is -0.269 e. The van der Waals surface area contributed by atoms with E-state index in [-0.39, 0.29) is 0 Å². The molecule has 1 aromatic rings. The van der Waals surface area contributed by atoms with E-state index in [9.17, 15) is 0 Å². The fourth-order valence-corrected chi connectivity index (χ4v) is 3.90. The van der Waals surface area contributed by atoms with Crippen molar-refractivity contribution in [3.8, 4) is 0 Å². The molecule has 3 heteroatoms. The molecule has 0 radical (unpaired) electrons. The maximum atomic E-state index is 4.79. The van der Waals surface area contributed by atoms with E-state index >= 15 is 0 Å². The number of nitrogens with zero attached hydrogens (tertiary/aromatic N) is 2. The van der Waals surface area contributed by atoms with Crippen molar-refractivity contribution in [2.75, 3.05) is 5.33 Å². The zero-order chi connectivity index (χ0) is 13.2. The minimum absolute atomic E-state index is 0.334. The molecule has 1 aliphatic rings. The summed E-state index contributed by atoms with van der Waals surface area (Å²) >= 11 is 3.65. The van der Waals surface area contributed by atoms with Crippen LogP contribution >= 0.6 is 15.9 Å². The van der Waals surface area contributed by atoms with Gasteiger partial charge in [-0.1, -0.05) is 49.5 Å². The third-order valence-electron chi connectivity index (χ3n) is 4.23. The predicted octanol–water partition coefficient (Wildman–Crippen LogP) is 4.60. The molecular weight excluding hydrogens is 288 g/mol. The van der Waals surface area contributed by atoms with Gasteiger partial charge < -0.3 is 0 Å². The molecule has 0 saturated heterocycles. The second kappa shape index (κ2) is 5.77. The van der Waals surface area contributed by atoms with Crippen LogP contribution in [0.15, 0.2) is 12.3 Å². The van der Waals surface area contributed by atoms with Crippen LogP contribution in [0.4, 0.5) is 0 Å². The Morgan fingerprint density at radius 3 is 2.61 bits per heavy atom. The Morgan fingerprint density at radius 2 is 2.06 bits per heavy atom. The lowest BCUT2D eigenvalue weighted by atomic mass is 9.79. The van der Waals surface area contributed by atoms with Crippen LogP contribution in [-0.4, -0.2) is 15.1 Å². The smallest absolute Gasteiger partial charge is 0.0628 e. The van der Waals surface area contributed by atoms with Crippen LogP contribution in [-0.2, 0) is 6.42 Å². The first-order valence-corrected chi connectivity index (χ1v) is 8.23. The lowest BCUT2D eigenvalue weighted by molar-refractivity contribution is 0.264. The van der Waals surface area contributed by atoms with Gasteiger partial charge in [0, 0.05) is 11.5 Å². The molecule has 18 heavy (non-hydrogen) atoms. The van der Waals surface area contributed by atoms with Crippen LogP contribution in [0.1, 0.15) is 58.2 Å². The SMILES string of the molecule is CC(C)(C)C(CBr)Cc1ccn(C2CCCC2)n1. The van der Waals surface area contributed by atoms with E-state index in [1.807, 2.05) is 0 Å². The highest BCUT2D eigenvalue weighted by Crippen LogP contribution is 2.32. The summed E-state index contributed by atoms with van der Waals surface area (Å²) in [5, 5.41) is 5.84. The van der Waals surface area contributed by atoms with Gasteiger partial charge in [-0.3, -0.25) is 4.68 Å². The highest BCUT2D eigenvalue weighted by Gasteiger charge is 2.25. The molecule has 0 spiro atoms. The monoisotopic (exact) mass is 312 g/mol. The first-order chi connectivity index (χ1) is 8.50. The van der Waals surface area contributed by atoms with E-state index in [2.05, 4.69) is 53.6 Å². The molecule has 2 nitrogen and oxygen atoms in total. The third-order valence-corrected chi connectivity index (χ3v) is 5.01. The van der Waals surface area contributed by atoms with Crippen LogP contribution in [0.2, 0.25) is 0 Å². The Kier molecular flexibility index (Phi) is 4.52. The van der Waals surface area contributed by atoms with Crippen LogP contribution in [0.25, 0.3) is 0 Å². The quantitative estimate of drug-likeness (QED) is 0.743. The molecule has 1 unspecified atom stereocenters. The predicted molar refractivity (Wildman–Crippen MR) is 80.2 cm³/mol. The maximum absolute atomic E-state index is 4.79. The maximum Gasteiger partial charge on any atom is 0.0628 e. The normalized spacial score (nSPS) is 19.3. The van der Waals surface area contributed by atoms with E-state index in [1.54, 1.807) is 0 Å². The molecule has 0 amide bonds. The largest absolute Gasteiger partial charge is 0.269 e. The summed E-state index contributed by atoms with van der Waals surface area (Å²) in [6.07, 6.45) is 8.61. The lowest BCUT2D eigenvalue weighted by Gasteiger charge is -2.28. The van der Waals surface area contributed by atoms with E-state index in [0.29, 0.717) is 17.4 Å². The van der Waals surface area contributed by atoms with Gasteiger partial charge in [-0.15, -0.1) is 0 Å². The lowest BCUT2D eigenvalue weighted by Crippen LogP contribution is -2.24. The molecule has 1 fully saturated rings. The Balaban J connectivity index is 2.01. The average Bonchev–Trinajstić information content (AvgIpc) is 2.94. The summed E-state index contributed by atoms with van der Waals surface area (Å²) in [6, 6.07) is 2.87. The van der Waals surface area contributed by atoms with Gasteiger partial charge in [0.25, 0.3) is 0 Å². The van der Waals surface area contributed by atoms with Crippen molar-refractivity contribution in [2.24, 2.45) is 11.3 Å². The van der Waals surface area contributed by atoms with Crippen molar-refractivity contribution in [1.82, 2.24) is 9.78 Å². The molecule has 1 aromatic heterocycles. The van der Waals surface area contributed by atoms with Crippen molar-refractivity contribution in [2.45, 2.75) is 58.9 Å². The van der Waals surface area contributed by atoms with E-state index in [4.69, 9.17) is 5.10 Å². The second-order valence-electron chi connectivity index (χ2n) is 6.65. The van der Waals surface area contributed by atoms with Crippen LogP contribution in [0.3, 0.4) is 0 Å². The Labute approximate surface area is 119 Å². The number of hydrogen-bond acceptors (Lipinski definition) is 1. The number of alkyl halides is 1.